The fourth-order valence-corrected chi connectivity index (χ4v) is 5.95. The van der Waals surface area contributed by atoms with E-state index in [0.29, 0.717) is 23.4 Å². The van der Waals surface area contributed by atoms with Gasteiger partial charge in [-0.3, -0.25) is 4.79 Å². The van der Waals surface area contributed by atoms with Crippen molar-refractivity contribution in [1.29, 1.82) is 0 Å². The molecule has 0 unspecified atom stereocenters. The van der Waals surface area contributed by atoms with Gasteiger partial charge < -0.3 is 9.88 Å². The molecule has 1 aromatic heterocycles. The summed E-state index contributed by atoms with van der Waals surface area (Å²) in [5.74, 6) is 5.26. The normalized spacial score (nSPS) is 18.9. The lowest BCUT2D eigenvalue weighted by Crippen LogP contribution is -2.41. The first-order chi connectivity index (χ1) is 16.2. The number of thioether (sulfide) groups is 1. The first kappa shape index (κ1) is 24.8. The van der Waals surface area contributed by atoms with Crippen LogP contribution in [0.2, 0.25) is 0 Å². The summed E-state index contributed by atoms with van der Waals surface area (Å²) in [5.41, 5.74) is 5.93. The van der Waals surface area contributed by atoms with Crippen LogP contribution < -0.4 is 0 Å². The average molecular weight is 476 g/mol. The Hall–Kier alpha value is -2.29. The number of carbonyl (C=O) groups is 1. The van der Waals surface area contributed by atoms with Gasteiger partial charge >= 0.3 is 0 Å². The molecule has 0 amide bonds. The minimum atomic E-state index is -0.0303. The second-order valence-corrected chi connectivity index (χ2v) is 12.4. The number of terminal acetylenes is 1. The van der Waals surface area contributed by atoms with E-state index in [-0.39, 0.29) is 11.2 Å². The van der Waals surface area contributed by atoms with Crippen LogP contribution in [0, 0.1) is 17.8 Å². The first-order valence-electron chi connectivity index (χ1n) is 12.3. The second-order valence-electron chi connectivity index (χ2n) is 11.1. The monoisotopic (exact) mass is 475 g/mol. The topological polar surface area (TPSA) is 49.0 Å². The number of aromatic nitrogens is 2. The Kier molecular flexibility index (Phi) is 7.40. The van der Waals surface area contributed by atoms with E-state index >= 15 is 0 Å². The van der Waals surface area contributed by atoms with Gasteiger partial charge in [0.15, 0.2) is 5.82 Å². The van der Waals surface area contributed by atoms with Gasteiger partial charge in [-0.25, -0.2) is 4.98 Å². The number of hydrogen-bond acceptors (Lipinski definition) is 4. The molecule has 2 aliphatic rings. The standard InChI is InChI=1S/C29H37N3OS/c1-6-24-19-30-27(31-24)26(33)17-22-7-8-23(29(4,5)20-32-13-15-34-16-14-32)18-25(22)21-9-11-28(2,3)12-10-21/h1,7-9,18-19H,10-17,20H2,2-5H3,(H,30,31). The second kappa shape index (κ2) is 10.1. The Morgan fingerprint density at radius 1 is 1.29 bits per heavy atom. The Morgan fingerprint density at radius 2 is 2.06 bits per heavy atom. The lowest BCUT2D eigenvalue weighted by molar-refractivity contribution is 0.0984. The van der Waals surface area contributed by atoms with Crippen LogP contribution in [0.1, 0.15) is 80.0 Å². The molecule has 0 bridgehead atoms. The molecule has 4 rings (SSSR count). The predicted molar refractivity (Wildman–Crippen MR) is 143 cm³/mol. The molecule has 0 radical (unpaired) electrons. The largest absolute Gasteiger partial charge is 0.329 e. The number of Topliss-reactive ketones (excluding diaryl/α,β-unsaturated/α-hetero) is 1. The molecule has 1 N–H and O–H groups in total. The van der Waals surface area contributed by atoms with Crippen molar-refractivity contribution in [2.45, 2.75) is 58.8 Å². The van der Waals surface area contributed by atoms with Crippen LogP contribution >= 0.6 is 11.8 Å². The Labute approximate surface area is 209 Å². The molecule has 4 nitrogen and oxygen atoms in total. The Morgan fingerprint density at radius 3 is 2.71 bits per heavy atom. The van der Waals surface area contributed by atoms with Crippen molar-refractivity contribution in [3.05, 3.63) is 58.7 Å². The zero-order valence-electron chi connectivity index (χ0n) is 21.0. The van der Waals surface area contributed by atoms with Crippen LogP contribution in [-0.2, 0) is 11.8 Å². The summed E-state index contributed by atoms with van der Waals surface area (Å²) >= 11 is 2.05. The van der Waals surface area contributed by atoms with Gasteiger partial charge in [-0.2, -0.15) is 11.8 Å². The lowest BCUT2D eigenvalue weighted by atomic mass is 9.75. The number of imidazole rings is 1. The van der Waals surface area contributed by atoms with Crippen LogP contribution in [-0.4, -0.2) is 51.8 Å². The van der Waals surface area contributed by atoms with Crippen LogP contribution in [0.5, 0.6) is 0 Å². The first-order valence-corrected chi connectivity index (χ1v) is 13.5. The molecule has 1 aliphatic carbocycles. The highest BCUT2D eigenvalue weighted by Gasteiger charge is 2.28. The van der Waals surface area contributed by atoms with Crippen LogP contribution in [0.4, 0.5) is 0 Å². The van der Waals surface area contributed by atoms with Gasteiger partial charge in [-0.05, 0) is 46.9 Å². The number of aromatic amines is 1. The van der Waals surface area contributed by atoms with Gasteiger partial charge in [-0.1, -0.05) is 57.9 Å². The molecule has 2 aromatic rings. The number of allylic oxidation sites excluding steroid dienone is 2. The summed E-state index contributed by atoms with van der Waals surface area (Å²) in [4.78, 5) is 22.8. The molecule has 0 saturated carbocycles. The summed E-state index contributed by atoms with van der Waals surface area (Å²) in [5, 5.41) is 0. The summed E-state index contributed by atoms with van der Waals surface area (Å²) < 4.78 is 0. The maximum Gasteiger partial charge on any atom is 0.202 e. The molecule has 1 aliphatic heterocycles. The van der Waals surface area contributed by atoms with E-state index in [1.165, 1.54) is 28.2 Å². The van der Waals surface area contributed by atoms with Gasteiger partial charge in [0.2, 0.25) is 5.78 Å². The molecule has 1 saturated heterocycles. The van der Waals surface area contributed by atoms with Crippen molar-refractivity contribution in [2.75, 3.05) is 31.1 Å². The van der Waals surface area contributed by atoms with Crippen LogP contribution in [0.25, 0.3) is 5.57 Å². The zero-order valence-corrected chi connectivity index (χ0v) is 21.9. The van der Waals surface area contributed by atoms with Gasteiger partial charge in [0.1, 0.15) is 5.69 Å². The number of H-pyrrole nitrogens is 1. The quantitative estimate of drug-likeness (QED) is 0.410. The molecule has 1 fully saturated rings. The molecule has 0 atom stereocenters. The number of benzene rings is 1. The van der Waals surface area contributed by atoms with Crippen molar-refractivity contribution in [1.82, 2.24) is 14.9 Å². The Bertz CT molecular complexity index is 1110. The maximum atomic E-state index is 13.0. The van der Waals surface area contributed by atoms with Gasteiger partial charge in [-0.15, -0.1) is 6.42 Å². The average Bonchev–Trinajstić information content (AvgIpc) is 3.29. The SMILES string of the molecule is C#Cc1cnc(C(=O)Cc2ccc(C(C)(C)CN3CCSCC3)cc2C2=CCC(C)(C)CC2)[nH]1. The number of ketones is 1. The van der Waals surface area contributed by atoms with E-state index in [1.807, 2.05) is 0 Å². The third-order valence-corrected chi connectivity index (χ3v) is 8.22. The number of nitrogens with zero attached hydrogens (tertiary/aromatic N) is 2. The molecule has 5 heteroatoms. The molecule has 180 valence electrons. The van der Waals surface area contributed by atoms with Crippen molar-refractivity contribution >= 4 is 23.1 Å². The van der Waals surface area contributed by atoms with Gasteiger partial charge in [0.25, 0.3) is 0 Å². The van der Waals surface area contributed by atoms with Crippen molar-refractivity contribution < 1.29 is 4.79 Å². The molecule has 1 aromatic carbocycles. The maximum absolute atomic E-state index is 13.0. The van der Waals surface area contributed by atoms with Crippen molar-refractivity contribution in [3.63, 3.8) is 0 Å². The summed E-state index contributed by atoms with van der Waals surface area (Å²) in [6, 6.07) is 6.76. The molecule has 34 heavy (non-hydrogen) atoms. The van der Waals surface area contributed by atoms with E-state index in [9.17, 15) is 4.79 Å². The van der Waals surface area contributed by atoms with Gasteiger partial charge in [0, 0.05) is 43.0 Å². The predicted octanol–water partition coefficient (Wildman–Crippen LogP) is 5.74. The van der Waals surface area contributed by atoms with Gasteiger partial charge in [0.05, 0.1) is 6.20 Å². The highest BCUT2D eigenvalue weighted by molar-refractivity contribution is 7.99. The van der Waals surface area contributed by atoms with E-state index in [2.05, 4.69) is 84.5 Å². The van der Waals surface area contributed by atoms with Crippen LogP contribution in [0.15, 0.2) is 30.5 Å². The third kappa shape index (κ3) is 5.85. The van der Waals surface area contributed by atoms with E-state index in [0.717, 1.165) is 44.5 Å². The number of nitrogens with one attached hydrogen (secondary N) is 1. The Balaban J connectivity index is 1.64. The van der Waals surface area contributed by atoms with Crippen molar-refractivity contribution in [3.8, 4) is 12.3 Å². The highest BCUT2D eigenvalue weighted by atomic mass is 32.2. The highest BCUT2D eigenvalue weighted by Crippen LogP contribution is 2.40. The minimum Gasteiger partial charge on any atom is -0.329 e. The number of rotatable bonds is 7. The number of hydrogen-bond donors (Lipinski definition) is 1. The van der Waals surface area contributed by atoms with E-state index in [1.54, 1.807) is 6.20 Å². The number of carbonyl (C=O) groups excluding carboxylic acids is 1. The smallest absolute Gasteiger partial charge is 0.202 e. The third-order valence-electron chi connectivity index (χ3n) is 7.28. The molecular weight excluding hydrogens is 438 g/mol. The minimum absolute atomic E-state index is 0.0303. The molecule has 2 heterocycles. The van der Waals surface area contributed by atoms with Crippen LogP contribution in [0.3, 0.4) is 0 Å². The van der Waals surface area contributed by atoms with Crippen molar-refractivity contribution in [2.24, 2.45) is 5.41 Å². The molecule has 0 spiro atoms. The van der Waals surface area contributed by atoms with E-state index < -0.39 is 0 Å². The fraction of sp³-hybridized carbons (Fsp3) is 0.517. The lowest BCUT2D eigenvalue weighted by Gasteiger charge is -2.36. The zero-order chi connectivity index (χ0) is 24.3. The summed E-state index contributed by atoms with van der Waals surface area (Å²) in [7, 11) is 0. The van der Waals surface area contributed by atoms with E-state index in [4.69, 9.17) is 6.42 Å². The molecular formula is C29H37N3OS. The summed E-state index contributed by atoms with van der Waals surface area (Å²) in [6.45, 7) is 12.7. The fourth-order valence-electron chi connectivity index (χ4n) is 4.97. The summed E-state index contributed by atoms with van der Waals surface area (Å²) in [6.07, 6.45) is 13.0.